The van der Waals surface area contributed by atoms with Crippen LogP contribution in [0.2, 0.25) is 0 Å². The number of benzene rings is 2. The number of carbonyl (C=O) groups is 6. The molecule has 2 aromatic rings. The molecule has 4 amide bonds. The van der Waals surface area contributed by atoms with Crippen LogP contribution in [0.4, 0.5) is 0 Å². The van der Waals surface area contributed by atoms with Crippen LogP contribution in [-0.4, -0.2) is 274 Å². The number of nitrogens with zero attached hydrogens (tertiary/aromatic N) is 4. The molecular formula is C80H148N16O10. The normalized spacial score (nSPS) is 20.5. The molecular weight excluding hydrogens is 1340 g/mol. The zero-order chi connectivity index (χ0) is 77.5. The van der Waals surface area contributed by atoms with Crippen molar-refractivity contribution in [3.05, 3.63) is 70.8 Å². The number of aliphatic hydroxyl groups is 2. The van der Waals surface area contributed by atoms with Gasteiger partial charge in [-0.15, -0.1) is 0 Å². The molecule has 4 saturated heterocycles. The molecule has 4 atom stereocenters. The Morgan fingerprint density at radius 3 is 1.08 bits per heavy atom. The number of β-amino-alcohol motifs (C(OH)–C–C–N with tert-alkyl or cyclic N) is 2. The maximum absolute atomic E-state index is 12.2. The summed E-state index contributed by atoms with van der Waals surface area (Å²) < 4.78 is 10.5. The van der Waals surface area contributed by atoms with Gasteiger partial charge in [-0.1, -0.05) is 109 Å². The highest BCUT2D eigenvalue weighted by Gasteiger charge is 2.31. The summed E-state index contributed by atoms with van der Waals surface area (Å²) in [5, 5.41) is 59.0. The Morgan fingerprint density at radius 1 is 0.368 bits per heavy atom. The fourth-order valence-corrected chi connectivity index (χ4v) is 11.7. The minimum absolute atomic E-state index is 0.0723. The number of nitrogens with one attached hydrogen (secondary N) is 12. The fraction of sp³-hybridized carbons (Fsp3) is 0.775. The van der Waals surface area contributed by atoms with Gasteiger partial charge in [0.25, 0.3) is 0 Å². The first-order chi connectivity index (χ1) is 51.1. The number of carbonyl (C=O) groups excluding carboxylic acids is 6. The topological polar surface area (TPSA) is 319 Å². The molecule has 4 fully saturated rings. The molecule has 608 valence electrons. The average molecular weight is 1490 g/mol. The van der Waals surface area contributed by atoms with Gasteiger partial charge < -0.3 is 83.5 Å². The molecule has 26 nitrogen and oxygen atoms in total. The molecule has 6 rings (SSSR count). The van der Waals surface area contributed by atoms with E-state index in [4.69, 9.17) is 9.47 Å². The molecule has 0 aliphatic carbocycles. The van der Waals surface area contributed by atoms with Gasteiger partial charge in [-0.2, -0.15) is 0 Å². The van der Waals surface area contributed by atoms with Crippen molar-refractivity contribution in [2.45, 2.75) is 197 Å². The van der Waals surface area contributed by atoms with Gasteiger partial charge in [-0.25, -0.2) is 0 Å². The molecule has 0 saturated carbocycles. The molecule has 4 aliphatic heterocycles. The number of rotatable bonds is 18. The van der Waals surface area contributed by atoms with E-state index in [-0.39, 0.29) is 49.0 Å². The van der Waals surface area contributed by atoms with Crippen molar-refractivity contribution in [2.24, 2.45) is 10.8 Å². The Morgan fingerprint density at radius 2 is 0.660 bits per heavy atom. The Labute approximate surface area is 639 Å². The lowest BCUT2D eigenvalue weighted by Gasteiger charge is -2.27. The molecule has 0 spiro atoms. The number of hydrogen-bond donors (Lipinski definition) is 14. The molecule has 26 heteroatoms. The van der Waals surface area contributed by atoms with Crippen LogP contribution in [0.3, 0.4) is 0 Å². The Balaban J connectivity index is 0.000000368. The Hall–Kier alpha value is -5.30. The third-order valence-corrected chi connectivity index (χ3v) is 20.2. The highest BCUT2D eigenvalue weighted by Crippen LogP contribution is 2.24. The minimum atomic E-state index is -1.23. The maximum Gasteiger partial charge on any atom is 0.313 e. The third-order valence-electron chi connectivity index (χ3n) is 20.2. The van der Waals surface area contributed by atoms with E-state index in [1.54, 1.807) is 13.8 Å². The first-order valence-electron chi connectivity index (χ1n) is 40.7. The van der Waals surface area contributed by atoms with Crippen molar-refractivity contribution in [3.8, 4) is 0 Å². The van der Waals surface area contributed by atoms with Crippen molar-refractivity contribution in [2.75, 3.05) is 196 Å². The summed E-state index contributed by atoms with van der Waals surface area (Å²) in [6.45, 7) is 46.8. The van der Waals surface area contributed by atoms with Gasteiger partial charge in [0.2, 0.25) is 36.2 Å². The van der Waals surface area contributed by atoms with Gasteiger partial charge in [0.1, 0.15) is 12.8 Å². The van der Waals surface area contributed by atoms with Crippen LogP contribution in [0, 0.1) is 10.8 Å². The van der Waals surface area contributed by atoms with Crippen molar-refractivity contribution >= 4 is 35.6 Å². The molecule has 14 N–H and O–H groups in total. The van der Waals surface area contributed by atoms with Crippen LogP contribution in [0.1, 0.15) is 193 Å². The Bertz CT molecular complexity index is 2600. The number of hydrogen-bond acceptors (Lipinski definition) is 22. The van der Waals surface area contributed by atoms with E-state index >= 15 is 0 Å². The average Bonchev–Trinajstić information content (AvgIpc) is 0.898. The number of amides is 4. The van der Waals surface area contributed by atoms with Gasteiger partial charge in [-0.05, 0) is 152 Å². The summed E-state index contributed by atoms with van der Waals surface area (Å²) >= 11 is 0. The molecule has 4 aliphatic rings. The molecule has 0 bridgehead atoms. The largest absolute Gasteiger partial charge is 0.434 e. The Kier molecular flexibility index (Phi) is 52.5. The van der Waals surface area contributed by atoms with Gasteiger partial charge in [0.15, 0.2) is 0 Å². The third kappa shape index (κ3) is 46.3. The van der Waals surface area contributed by atoms with Crippen LogP contribution in [-0.2, 0) is 51.3 Å². The van der Waals surface area contributed by atoms with E-state index in [1.165, 1.54) is 54.4 Å². The van der Waals surface area contributed by atoms with Crippen molar-refractivity contribution in [1.29, 1.82) is 0 Å². The molecule has 4 heterocycles. The first-order valence-corrected chi connectivity index (χ1v) is 40.7. The molecule has 0 aromatic heterocycles. The lowest BCUT2D eigenvalue weighted by atomic mass is 9.91. The summed E-state index contributed by atoms with van der Waals surface area (Å²) in [5.74, 6) is -0.528. The molecule has 106 heavy (non-hydrogen) atoms. The summed E-state index contributed by atoms with van der Waals surface area (Å²) in [6.07, 6.45) is 9.99. The number of esters is 2. The van der Waals surface area contributed by atoms with Gasteiger partial charge in [0.05, 0.1) is 23.9 Å². The zero-order valence-electron chi connectivity index (χ0n) is 67.4. The molecule has 4 unspecified atom stereocenters. The predicted octanol–water partition coefficient (Wildman–Crippen LogP) is 4.31. The van der Waals surface area contributed by atoms with Crippen molar-refractivity contribution in [1.82, 2.24) is 83.4 Å². The second-order valence-corrected chi connectivity index (χ2v) is 30.0. The fourth-order valence-electron chi connectivity index (χ4n) is 11.7. The maximum atomic E-state index is 12.2. The molecule has 0 radical (unpaired) electrons. The smallest absolute Gasteiger partial charge is 0.313 e. The SMILES string of the molecule is CCC(C)(C)C(=O)OC(O)CN1CCCNCCNC(=O)CC(=O)NCC1.CCC(C)(C)C(=O)OC(O)CN1CCNCCNCCCCCNCCNCC1.CCC(C)c1ccc(CN2CCCCCCNC(=O)CC(=O)NCC2)cc1.CCC(C)c1ccc(CN2CCNCCNCCNCC2)cc1. The van der Waals surface area contributed by atoms with Crippen LogP contribution in [0.5, 0.6) is 0 Å². The minimum Gasteiger partial charge on any atom is -0.434 e. The quantitative estimate of drug-likeness (QED) is 0.0562. The summed E-state index contributed by atoms with van der Waals surface area (Å²) in [7, 11) is 0. The standard InChI is InChI=1S/C22H35N3O2.C21H45N5O3.C19H34N4.C18H34N4O5/c1-3-18(2)20-10-8-19(9-11-20)17-25-14-7-5-4-6-12-23-21(26)16-22(27)24-13-15-25;1-4-21(2,3)20(28)29-19(27)18-26-16-14-24-12-10-22-8-6-5-7-9-23-11-13-25-15-17-26;1-3-17(2)19-6-4-18(5-7-19)16-23-14-12-21-10-8-20-9-11-22-13-15-23;1-4-18(2,3)17(26)27-16(25)13-22-10-5-6-19-7-8-20-14(23)12-15(24)21-9-11-22/h8-11,18H,3-7,12-17H2,1-2H3,(H,23,26)(H,24,27);19,22-25,27H,4-18H2,1-3H3;4-7,17,20-22H,3,8-16H2,1-2H3;16,19,25H,4-13H2,1-3H3,(H,20,23)(H,21,24). The summed E-state index contributed by atoms with van der Waals surface area (Å²) in [5.41, 5.74) is 4.38. The molecule has 2 aromatic carbocycles. The second-order valence-electron chi connectivity index (χ2n) is 30.0. The van der Waals surface area contributed by atoms with E-state index in [9.17, 15) is 39.0 Å². The monoisotopic (exact) mass is 1490 g/mol. The highest BCUT2D eigenvalue weighted by atomic mass is 16.6. The van der Waals surface area contributed by atoms with Crippen LogP contribution in [0.15, 0.2) is 48.5 Å². The first kappa shape index (κ1) is 94.9. The van der Waals surface area contributed by atoms with Gasteiger partial charge in [0, 0.05) is 164 Å². The number of ether oxygens (including phenoxy) is 2. The predicted molar refractivity (Wildman–Crippen MR) is 427 cm³/mol. The van der Waals surface area contributed by atoms with Crippen molar-refractivity contribution in [3.63, 3.8) is 0 Å². The van der Waals surface area contributed by atoms with E-state index < -0.39 is 29.4 Å². The summed E-state index contributed by atoms with van der Waals surface area (Å²) in [6, 6.07) is 18.2. The summed E-state index contributed by atoms with van der Waals surface area (Å²) in [4.78, 5) is 80.2. The van der Waals surface area contributed by atoms with Gasteiger partial charge >= 0.3 is 11.9 Å². The van der Waals surface area contributed by atoms with E-state index in [2.05, 4.69) is 155 Å². The van der Waals surface area contributed by atoms with Crippen LogP contribution in [0.25, 0.3) is 0 Å². The van der Waals surface area contributed by atoms with Crippen LogP contribution < -0.4 is 63.8 Å². The lowest BCUT2D eigenvalue weighted by Crippen LogP contribution is -2.44. The van der Waals surface area contributed by atoms with E-state index in [0.717, 1.165) is 183 Å². The second kappa shape index (κ2) is 58.6. The highest BCUT2D eigenvalue weighted by molar-refractivity contribution is 5.97. The van der Waals surface area contributed by atoms with E-state index in [0.29, 0.717) is 77.0 Å². The van der Waals surface area contributed by atoms with E-state index in [1.807, 2.05) is 32.6 Å². The van der Waals surface area contributed by atoms with Gasteiger partial charge in [-0.3, -0.25) is 48.4 Å². The number of aliphatic hydroxyl groups excluding tert-OH is 2. The van der Waals surface area contributed by atoms with Crippen molar-refractivity contribution < 1.29 is 48.5 Å². The zero-order valence-corrected chi connectivity index (χ0v) is 67.4. The lowest BCUT2D eigenvalue weighted by molar-refractivity contribution is -0.182. The van der Waals surface area contributed by atoms with Crippen LogP contribution >= 0.6 is 0 Å².